The van der Waals surface area contributed by atoms with E-state index in [1.165, 1.54) is 29.7 Å². The molecule has 0 fully saturated rings. The van der Waals surface area contributed by atoms with E-state index in [4.69, 9.17) is 4.42 Å². The van der Waals surface area contributed by atoms with Gasteiger partial charge in [0.2, 0.25) is 0 Å². The summed E-state index contributed by atoms with van der Waals surface area (Å²) in [5.74, 6) is 2.82. The van der Waals surface area contributed by atoms with Gasteiger partial charge in [-0.25, -0.2) is 0 Å². The fourth-order valence-electron chi connectivity index (χ4n) is 3.49. The lowest BCUT2D eigenvalue weighted by molar-refractivity contribution is 0.376. The summed E-state index contributed by atoms with van der Waals surface area (Å²) in [6.45, 7) is 6.89. The second-order valence-corrected chi connectivity index (χ2v) is 5.63. The van der Waals surface area contributed by atoms with E-state index in [1.54, 1.807) is 11.1 Å². The zero-order valence-corrected chi connectivity index (χ0v) is 10.5. The maximum absolute atomic E-state index is 5.72. The molecule has 0 spiro atoms. The third-order valence-corrected chi connectivity index (χ3v) is 4.58. The highest BCUT2D eigenvalue weighted by Crippen LogP contribution is 2.43. The van der Waals surface area contributed by atoms with Gasteiger partial charge in [0.25, 0.3) is 0 Å². The molecule has 0 saturated carbocycles. The summed E-state index contributed by atoms with van der Waals surface area (Å²) < 4.78 is 5.72. The summed E-state index contributed by atoms with van der Waals surface area (Å²) in [4.78, 5) is 0. The predicted molar refractivity (Wildman–Crippen MR) is 65.4 cm³/mol. The minimum atomic E-state index is 0.749. The molecule has 0 radical (unpaired) electrons. The van der Waals surface area contributed by atoms with Crippen LogP contribution in [0.1, 0.15) is 43.6 Å². The number of aryl methyl sites for hydroxylation is 1. The molecule has 0 aliphatic heterocycles. The summed E-state index contributed by atoms with van der Waals surface area (Å²) in [6, 6.07) is 0. The standard InChI is InChI=1S/C15H20O/c1-9-4-5-12-10(2)6-15-14(7-13(9)12)11(3)8-16-15/h8,10,12H,4-7H2,1-3H3. The summed E-state index contributed by atoms with van der Waals surface area (Å²) in [7, 11) is 0. The van der Waals surface area contributed by atoms with Crippen LogP contribution in [0.15, 0.2) is 21.8 Å². The van der Waals surface area contributed by atoms with Crippen LogP contribution in [0.25, 0.3) is 0 Å². The fraction of sp³-hybridized carbons (Fsp3) is 0.600. The number of furan rings is 1. The second-order valence-electron chi connectivity index (χ2n) is 5.63. The minimum Gasteiger partial charge on any atom is -0.469 e. The Labute approximate surface area is 97.5 Å². The largest absolute Gasteiger partial charge is 0.469 e. The van der Waals surface area contributed by atoms with E-state index in [0.717, 1.165) is 24.7 Å². The normalized spacial score (nSPS) is 28.9. The quantitative estimate of drug-likeness (QED) is 0.596. The van der Waals surface area contributed by atoms with Crippen LogP contribution in [0, 0.1) is 18.8 Å². The topological polar surface area (TPSA) is 13.1 Å². The minimum absolute atomic E-state index is 0.749. The van der Waals surface area contributed by atoms with E-state index < -0.39 is 0 Å². The zero-order chi connectivity index (χ0) is 11.3. The van der Waals surface area contributed by atoms with Crippen molar-refractivity contribution in [1.82, 2.24) is 0 Å². The third-order valence-electron chi connectivity index (χ3n) is 4.58. The number of rotatable bonds is 0. The average molecular weight is 216 g/mol. The van der Waals surface area contributed by atoms with Gasteiger partial charge in [0, 0.05) is 12.0 Å². The molecule has 16 heavy (non-hydrogen) atoms. The van der Waals surface area contributed by atoms with E-state index in [0.29, 0.717) is 0 Å². The molecule has 0 saturated heterocycles. The molecule has 0 aromatic carbocycles. The van der Waals surface area contributed by atoms with Gasteiger partial charge in [0.1, 0.15) is 5.76 Å². The van der Waals surface area contributed by atoms with Gasteiger partial charge in [-0.2, -0.15) is 0 Å². The summed E-state index contributed by atoms with van der Waals surface area (Å²) >= 11 is 0. The molecule has 0 bridgehead atoms. The van der Waals surface area contributed by atoms with E-state index in [9.17, 15) is 0 Å². The van der Waals surface area contributed by atoms with Crippen LogP contribution in [-0.2, 0) is 12.8 Å². The van der Waals surface area contributed by atoms with Gasteiger partial charge in [-0.15, -0.1) is 0 Å². The van der Waals surface area contributed by atoms with Crippen LogP contribution in [0.3, 0.4) is 0 Å². The van der Waals surface area contributed by atoms with Gasteiger partial charge in [0.15, 0.2) is 0 Å². The molecule has 2 aliphatic carbocycles. The Morgan fingerprint density at radius 3 is 2.94 bits per heavy atom. The first kappa shape index (κ1) is 10.2. The molecule has 2 atom stereocenters. The van der Waals surface area contributed by atoms with Crippen molar-refractivity contribution >= 4 is 0 Å². The van der Waals surface area contributed by atoms with Crippen molar-refractivity contribution in [2.75, 3.05) is 0 Å². The molecular weight excluding hydrogens is 196 g/mol. The molecule has 1 heteroatoms. The van der Waals surface area contributed by atoms with E-state index in [1.807, 2.05) is 6.26 Å². The third kappa shape index (κ3) is 1.37. The van der Waals surface area contributed by atoms with Crippen molar-refractivity contribution in [2.24, 2.45) is 11.8 Å². The molecule has 1 aromatic heterocycles. The van der Waals surface area contributed by atoms with Gasteiger partial charge >= 0.3 is 0 Å². The van der Waals surface area contributed by atoms with Gasteiger partial charge in [-0.05, 0) is 50.5 Å². The monoisotopic (exact) mass is 216 g/mol. The first-order valence-electron chi connectivity index (χ1n) is 6.41. The van der Waals surface area contributed by atoms with Gasteiger partial charge in [-0.1, -0.05) is 18.1 Å². The fourth-order valence-corrected chi connectivity index (χ4v) is 3.49. The van der Waals surface area contributed by atoms with Crippen LogP contribution >= 0.6 is 0 Å². The lowest BCUT2D eigenvalue weighted by atomic mass is 9.86. The molecule has 0 amide bonds. The second kappa shape index (κ2) is 3.51. The van der Waals surface area contributed by atoms with Crippen molar-refractivity contribution < 1.29 is 4.42 Å². The van der Waals surface area contributed by atoms with Crippen molar-refractivity contribution in [3.8, 4) is 0 Å². The number of hydrogen-bond donors (Lipinski definition) is 0. The lowest BCUT2D eigenvalue weighted by Crippen LogP contribution is -2.11. The molecule has 2 aliphatic rings. The highest BCUT2D eigenvalue weighted by molar-refractivity contribution is 5.37. The predicted octanol–water partition coefficient (Wildman–Crippen LogP) is 4.05. The smallest absolute Gasteiger partial charge is 0.107 e. The van der Waals surface area contributed by atoms with Gasteiger partial charge < -0.3 is 4.42 Å². The Kier molecular flexibility index (Phi) is 2.24. The molecule has 1 heterocycles. The number of hydrogen-bond acceptors (Lipinski definition) is 1. The van der Waals surface area contributed by atoms with Crippen LogP contribution in [0.4, 0.5) is 0 Å². The summed E-state index contributed by atoms with van der Waals surface area (Å²) in [5, 5.41) is 0. The van der Waals surface area contributed by atoms with E-state index >= 15 is 0 Å². The summed E-state index contributed by atoms with van der Waals surface area (Å²) in [5.41, 5.74) is 6.18. The van der Waals surface area contributed by atoms with Crippen molar-refractivity contribution in [2.45, 2.75) is 46.5 Å². The maximum Gasteiger partial charge on any atom is 0.107 e. The molecule has 2 unspecified atom stereocenters. The van der Waals surface area contributed by atoms with Crippen LogP contribution < -0.4 is 0 Å². The van der Waals surface area contributed by atoms with Crippen molar-refractivity contribution in [3.63, 3.8) is 0 Å². The molecule has 0 N–H and O–H groups in total. The van der Waals surface area contributed by atoms with Crippen LogP contribution in [0.5, 0.6) is 0 Å². The maximum atomic E-state index is 5.72. The first-order valence-corrected chi connectivity index (χ1v) is 6.41. The Morgan fingerprint density at radius 2 is 2.12 bits per heavy atom. The molecule has 86 valence electrons. The van der Waals surface area contributed by atoms with Crippen LogP contribution in [0.2, 0.25) is 0 Å². The highest BCUT2D eigenvalue weighted by Gasteiger charge is 2.33. The van der Waals surface area contributed by atoms with E-state index in [2.05, 4.69) is 20.8 Å². The van der Waals surface area contributed by atoms with Gasteiger partial charge in [-0.3, -0.25) is 0 Å². The Morgan fingerprint density at radius 1 is 1.31 bits per heavy atom. The van der Waals surface area contributed by atoms with Crippen molar-refractivity contribution in [1.29, 1.82) is 0 Å². The zero-order valence-electron chi connectivity index (χ0n) is 10.5. The SMILES string of the molecule is CC1=C2Cc3c(C)coc3CC(C)C2CC1. The number of fused-ring (bicyclic) bond motifs is 2. The Balaban J connectivity index is 2.08. The lowest BCUT2D eigenvalue weighted by Gasteiger charge is -2.18. The van der Waals surface area contributed by atoms with E-state index in [-0.39, 0.29) is 0 Å². The van der Waals surface area contributed by atoms with Crippen molar-refractivity contribution in [3.05, 3.63) is 34.3 Å². The van der Waals surface area contributed by atoms with Crippen LogP contribution in [-0.4, -0.2) is 0 Å². The van der Waals surface area contributed by atoms with Gasteiger partial charge in [0.05, 0.1) is 6.26 Å². The number of allylic oxidation sites excluding steroid dienone is 2. The Bertz CT molecular complexity index is 450. The highest BCUT2D eigenvalue weighted by atomic mass is 16.3. The Hall–Kier alpha value is -0.980. The first-order chi connectivity index (χ1) is 7.66. The molecule has 3 rings (SSSR count). The average Bonchev–Trinajstić information content (AvgIpc) is 2.72. The molecule has 1 nitrogen and oxygen atoms in total. The summed E-state index contributed by atoms with van der Waals surface area (Å²) in [6.07, 6.45) is 6.90. The molecular formula is C15H20O. The molecule has 1 aromatic rings.